The normalized spacial score (nSPS) is 11.5. The minimum Gasteiger partial charge on any atom is -0.494 e. The lowest BCUT2D eigenvalue weighted by Gasteiger charge is -2.12. The van der Waals surface area contributed by atoms with Gasteiger partial charge in [0.1, 0.15) is 23.4 Å². The molecule has 0 aliphatic carbocycles. The first kappa shape index (κ1) is 20.9. The van der Waals surface area contributed by atoms with Crippen LogP contribution in [0.4, 0.5) is 8.78 Å². The number of nitriles is 1. The van der Waals surface area contributed by atoms with Crippen molar-refractivity contribution in [1.82, 2.24) is 15.5 Å². The number of nitrogens with one attached hydrogen (secondary N) is 1. The van der Waals surface area contributed by atoms with Gasteiger partial charge in [0.2, 0.25) is 17.6 Å². The maximum atomic E-state index is 13.8. The highest BCUT2D eigenvalue weighted by Crippen LogP contribution is 2.21. The standard InChI is InChI=1S/C21H18F2N4O3/c1-2-29-15-6-3-13(4-7-15)21-26-20(30-27-21)10-9-19(28)25-18(12-24)16-8-5-14(22)11-17(16)23/h3-8,11,18H,2,9-10H2,1H3,(H,25,28). The molecule has 1 heterocycles. The number of aromatic nitrogens is 2. The van der Waals surface area contributed by atoms with Gasteiger partial charge in [-0.05, 0) is 37.3 Å². The lowest BCUT2D eigenvalue weighted by atomic mass is 10.1. The summed E-state index contributed by atoms with van der Waals surface area (Å²) < 4.78 is 37.4. The molecule has 9 heteroatoms. The zero-order valence-electron chi connectivity index (χ0n) is 16.1. The number of rotatable bonds is 8. The summed E-state index contributed by atoms with van der Waals surface area (Å²) in [5, 5.41) is 15.5. The molecular formula is C21H18F2N4O3. The van der Waals surface area contributed by atoms with Crippen LogP contribution in [-0.2, 0) is 11.2 Å². The number of hydrogen-bond donors (Lipinski definition) is 1. The Labute approximate surface area is 171 Å². The summed E-state index contributed by atoms with van der Waals surface area (Å²) in [7, 11) is 0. The summed E-state index contributed by atoms with van der Waals surface area (Å²) in [6.45, 7) is 2.46. The molecular weight excluding hydrogens is 394 g/mol. The van der Waals surface area contributed by atoms with E-state index in [1.54, 1.807) is 30.3 Å². The van der Waals surface area contributed by atoms with Crippen molar-refractivity contribution >= 4 is 5.91 Å². The van der Waals surface area contributed by atoms with E-state index in [0.717, 1.165) is 23.4 Å². The van der Waals surface area contributed by atoms with Crippen LogP contribution in [-0.4, -0.2) is 22.7 Å². The molecule has 0 aliphatic rings. The van der Waals surface area contributed by atoms with Gasteiger partial charge in [0.25, 0.3) is 0 Å². The van der Waals surface area contributed by atoms with Gasteiger partial charge in [-0.3, -0.25) is 4.79 Å². The molecule has 0 fully saturated rings. The van der Waals surface area contributed by atoms with Crippen molar-refractivity contribution in [3.8, 4) is 23.2 Å². The van der Waals surface area contributed by atoms with Crippen LogP contribution in [0.15, 0.2) is 47.0 Å². The van der Waals surface area contributed by atoms with Gasteiger partial charge in [-0.1, -0.05) is 11.2 Å². The maximum Gasteiger partial charge on any atom is 0.227 e. The van der Waals surface area contributed by atoms with Crippen LogP contribution >= 0.6 is 0 Å². The number of carbonyl (C=O) groups is 1. The van der Waals surface area contributed by atoms with Crippen molar-refractivity contribution in [2.45, 2.75) is 25.8 Å². The van der Waals surface area contributed by atoms with E-state index in [1.165, 1.54) is 0 Å². The monoisotopic (exact) mass is 412 g/mol. The van der Waals surface area contributed by atoms with Crippen LogP contribution in [0.5, 0.6) is 5.75 Å². The largest absolute Gasteiger partial charge is 0.494 e. The fraction of sp³-hybridized carbons (Fsp3) is 0.238. The first-order valence-electron chi connectivity index (χ1n) is 9.20. The van der Waals surface area contributed by atoms with Gasteiger partial charge in [0.05, 0.1) is 12.7 Å². The number of benzene rings is 2. The van der Waals surface area contributed by atoms with Crippen LogP contribution in [0.2, 0.25) is 0 Å². The predicted octanol–water partition coefficient (Wildman–Crippen LogP) is 3.73. The van der Waals surface area contributed by atoms with Crippen molar-refractivity contribution in [1.29, 1.82) is 5.26 Å². The zero-order valence-corrected chi connectivity index (χ0v) is 16.1. The Kier molecular flexibility index (Phi) is 6.70. The van der Waals surface area contributed by atoms with Crippen LogP contribution in [0.25, 0.3) is 11.4 Å². The maximum absolute atomic E-state index is 13.8. The van der Waals surface area contributed by atoms with Crippen LogP contribution in [0.1, 0.15) is 30.8 Å². The summed E-state index contributed by atoms with van der Waals surface area (Å²) in [4.78, 5) is 16.4. The van der Waals surface area contributed by atoms with E-state index in [4.69, 9.17) is 9.26 Å². The molecule has 3 aromatic rings. The summed E-state index contributed by atoms with van der Waals surface area (Å²) in [5.74, 6) is -0.831. The van der Waals surface area contributed by atoms with Crippen molar-refractivity contribution in [2.75, 3.05) is 6.61 Å². The summed E-state index contributed by atoms with van der Waals surface area (Å²) in [6, 6.07) is 10.5. The van der Waals surface area contributed by atoms with Gasteiger partial charge in [0.15, 0.2) is 0 Å². The van der Waals surface area contributed by atoms with Gasteiger partial charge >= 0.3 is 0 Å². The number of hydrogen-bond acceptors (Lipinski definition) is 6. The predicted molar refractivity (Wildman–Crippen MR) is 102 cm³/mol. The van der Waals surface area contributed by atoms with Gasteiger partial charge in [-0.25, -0.2) is 8.78 Å². The molecule has 154 valence electrons. The highest BCUT2D eigenvalue weighted by molar-refractivity contribution is 5.77. The molecule has 0 saturated carbocycles. The van der Waals surface area contributed by atoms with Gasteiger partial charge in [-0.2, -0.15) is 10.2 Å². The molecule has 1 unspecified atom stereocenters. The molecule has 30 heavy (non-hydrogen) atoms. The molecule has 1 atom stereocenters. The summed E-state index contributed by atoms with van der Waals surface area (Å²) in [6.07, 6.45) is 0.0891. The van der Waals surface area contributed by atoms with Gasteiger partial charge < -0.3 is 14.6 Å². The average molecular weight is 412 g/mol. The molecule has 1 N–H and O–H groups in total. The van der Waals surface area contributed by atoms with Crippen molar-refractivity contribution in [3.63, 3.8) is 0 Å². The first-order valence-corrected chi connectivity index (χ1v) is 9.20. The molecule has 0 saturated heterocycles. The summed E-state index contributed by atoms with van der Waals surface area (Å²) in [5.41, 5.74) is 0.622. The molecule has 0 aliphatic heterocycles. The van der Waals surface area contributed by atoms with E-state index in [9.17, 15) is 18.8 Å². The molecule has 7 nitrogen and oxygen atoms in total. The van der Waals surface area contributed by atoms with E-state index in [2.05, 4.69) is 15.5 Å². The van der Waals surface area contributed by atoms with E-state index < -0.39 is 23.6 Å². The Hall–Kier alpha value is -3.80. The van der Waals surface area contributed by atoms with Crippen LogP contribution in [0.3, 0.4) is 0 Å². The quantitative estimate of drug-likeness (QED) is 0.605. The molecule has 0 spiro atoms. The molecule has 0 bridgehead atoms. The lowest BCUT2D eigenvalue weighted by molar-refractivity contribution is -0.121. The van der Waals surface area contributed by atoms with Crippen molar-refractivity contribution in [3.05, 3.63) is 65.6 Å². The zero-order chi connectivity index (χ0) is 21.5. The molecule has 0 radical (unpaired) electrons. The van der Waals surface area contributed by atoms with Crippen LogP contribution < -0.4 is 10.1 Å². The Morgan fingerprint density at radius 1 is 1.27 bits per heavy atom. The Bertz CT molecular complexity index is 1060. The third-order valence-corrected chi connectivity index (χ3v) is 4.17. The number of ether oxygens (including phenoxy) is 1. The fourth-order valence-electron chi connectivity index (χ4n) is 2.71. The van der Waals surface area contributed by atoms with Gasteiger partial charge in [0, 0.05) is 30.0 Å². The molecule has 1 aromatic heterocycles. The lowest BCUT2D eigenvalue weighted by Crippen LogP contribution is -2.28. The second-order valence-electron chi connectivity index (χ2n) is 6.26. The molecule has 2 aromatic carbocycles. The van der Waals surface area contributed by atoms with Crippen molar-refractivity contribution in [2.24, 2.45) is 0 Å². The van der Waals surface area contributed by atoms with Crippen LogP contribution in [0, 0.1) is 23.0 Å². The average Bonchev–Trinajstić information content (AvgIpc) is 3.21. The molecule has 1 amide bonds. The highest BCUT2D eigenvalue weighted by atomic mass is 19.1. The SMILES string of the molecule is CCOc1ccc(-c2noc(CCC(=O)NC(C#N)c3ccc(F)cc3F)n2)cc1. The van der Waals surface area contributed by atoms with E-state index in [0.29, 0.717) is 18.5 Å². The van der Waals surface area contributed by atoms with E-state index in [1.807, 2.05) is 6.92 Å². The minimum atomic E-state index is -1.24. The Morgan fingerprint density at radius 3 is 2.70 bits per heavy atom. The smallest absolute Gasteiger partial charge is 0.227 e. The molecule has 3 rings (SSSR count). The van der Waals surface area contributed by atoms with E-state index in [-0.39, 0.29) is 24.3 Å². The minimum absolute atomic E-state index is 0.0497. The number of halogens is 2. The highest BCUT2D eigenvalue weighted by Gasteiger charge is 2.19. The van der Waals surface area contributed by atoms with E-state index >= 15 is 0 Å². The Morgan fingerprint density at radius 2 is 2.03 bits per heavy atom. The third kappa shape index (κ3) is 5.17. The second-order valence-corrected chi connectivity index (χ2v) is 6.26. The Balaban J connectivity index is 1.57. The number of carbonyl (C=O) groups excluding carboxylic acids is 1. The number of aryl methyl sites for hydroxylation is 1. The summed E-state index contributed by atoms with van der Waals surface area (Å²) >= 11 is 0. The van der Waals surface area contributed by atoms with Gasteiger partial charge in [-0.15, -0.1) is 0 Å². The second kappa shape index (κ2) is 9.60. The third-order valence-electron chi connectivity index (χ3n) is 4.17. The first-order chi connectivity index (χ1) is 14.5. The number of nitrogens with zero attached hydrogens (tertiary/aromatic N) is 3. The number of amides is 1. The van der Waals surface area contributed by atoms with Crippen molar-refractivity contribution < 1.29 is 22.8 Å². The fourth-order valence-corrected chi connectivity index (χ4v) is 2.71. The topological polar surface area (TPSA) is 101 Å².